The van der Waals surface area contributed by atoms with Crippen LogP contribution in [0, 0.1) is 0 Å². The second-order valence-corrected chi connectivity index (χ2v) is 6.53. The first-order chi connectivity index (χ1) is 8.82. The van der Waals surface area contributed by atoms with Gasteiger partial charge in [-0.15, -0.1) is 0 Å². The molecular weight excluding hydrogens is 311 g/mol. The zero-order chi connectivity index (χ0) is 16.4. The number of hydrogen-bond donors (Lipinski definition) is 1. The van der Waals surface area contributed by atoms with E-state index in [0.29, 0.717) is 0 Å². The summed E-state index contributed by atoms with van der Waals surface area (Å²) in [6, 6.07) is 0. The summed E-state index contributed by atoms with van der Waals surface area (Å²) in [5.41, 5.74) is 0. The van der Waals surface area contributed by atoms with Crippen molar-refractivity contribution in [1.29, 1.82) is 0 Å². The average molecular weight is 326 g/mol. The lowest BCUT2D eigenvalue weighted by Crippen LogP contribution is -2.54. The number of halogens is 5. The van der Waals surface area contributed by atoms with Crippen molar-refractivity contribution >= 4 is 15.8 Å². The van der Waals surface area contributed by atoms with Gasteiger partial charge in [-0.05, 0) is 19.8 Å². The lowest BCUT2D eigenvalue weighted by molar-refractivity contribution is -0.190. The number of rotatable bonds is 8. The van der Waals surface area contributed by atoms with Crippen LogP contribution in [-0.2, 0) is 14.6 Å². The molecule has 0 bridgehead atoms. The molecule has 0 aromatic rings. The van der Waals surface area contributed by atoms with Crippen LogP contribution in [0.1, 0.15) is 33.1 Å². The van der Waals surface area contributed by atoms with Crippen LogP contribution in [0.5, 0.6) is 0 Å². The first-order valence-electron chi connectivity index (χ1n) is 5.67. The molecule has 0 fully saturated rings. The van der Waals surface area contributed by atoms with Crippen molar-refractivity contribution in [1.82, 2.24) is 0 Å². The highest BCUT2D eigenvalue weighted by atomic mass is 32.2. The number of carbonyl (C=O) groups is 1. The first kappa shape index (κ1) is 19.1. The molecule has 4 nitrogen and oxygen atoms in total. The fourth-order valence-electron chi connectivity index (χ4n) is 1.49. The lowest BCUT2D eigenvalue weighted by atomic mass is 10.2. The van der Waals surface area contributed by atoms with Gasteiger partial charge in [0.1, 0.15) is 0 Å². The molecule has 1 N–H and O–H groups in total. The number of sulfone groups is 1. The standard InChI is InChI=1S/C10H15F5O4S/c1-3-7(4-5-8(16)17)20(18,19)10(14,15)9(12,13)6(2)11/h6-7H,3-5H2,1-2H3,(H,16,17). The molecule has 0 aliphatic carbocycles. The third-order valence-electron chi connectivity index (χ3n) is 2.82. The van der Waals surface area contributed by atoms with E-state index in [1.54, 1.807) is 0 Å². The minimum atomic E-state index is -5.74. The van der Waals surface area contributed by atoms with E-state index in [1.807, 2.05) is 0 Å². The van der Waals surface area contributed by atoms with Crippen LogP contribution in [0.2, 0.25) is 0 Å². The minimum Gasteiger partial charge on any atom is -0.481 e. The summed E-state index contributed by atoms with van der Waals surface area (Å²) in [6.45, 7) is 1.26. The third-order valence-corrected chi connectivity index (χ3v) is 5.25. The quantitative estimate of drug-likeness (QED) is 0.696. The van der Waals surface area contributed by atoms with E-state index >= 15 is 0 Å². The molecule has 10 heteroatoms. The molecule has 2 atom stereocenters. The lowest BCUT2D eigenvalue weighted by Gasteiger charge is -2.30. The van der Waals surface area contributed by atoms with Gasteiger partial charge in [-0.3, -0.25) is 4.79 Å². The van der Waals surface area contributed by atoms with Crippen LogP contribution in [0.15, 0.2) is 0 Å². The predicted molar refractivity (Wildman–Crippen MR) is 60.3 cm³/mol. The van der Waals surface area contributed by atoms with Crippen molar-refractivity contribution in [3.8, 4) is 0 Å². The minimum absolute atomic E-state index is 0.127. The first-order valence-corrected chi connectivity index (χ1v) is 7.21. The van der Waals surface area contributed by atoms with Gasteiger partial charge in [-0.25, -0.2) is 12.8 Å². The molecule has 0 aliphatic rings. The van der Waals surface area contributed by atoms with Crippen molar-refractivity contribution in [2.75, 3.05) is 0 Å². The molecule has 0 aromatic carbocycles. The van der Waals surface area contributed by atoms with Gasteiger partial charge in [0.05, 0.1) is 5.25 Å². The van der Waals surface area contributed by atoms with Gasteiger partial charge >= 0.3 is 17.1 Å². The number of aliphatic carboxylic acids is 1. The van der Waals surface area contributed by atoms with Crippen LogP contribution in [0.3, 0.4) is 0 Å². The second kappa shape index (κ2) is 6.23. The fourth-order valence-corrected chi connectivity index (χ4v) is 3.32. The van der Waals surface area contributed by atoms with Crippen molar-refractivity contribution in [2.45, 2.75) is 55.7 Å². The molecular formula is C10H15F5O4S. The Morgan fingerprint density at radius 3 is 2.00 bits per heavy atom. The number of carboxylic acid groups (broad SMARTS) is 1. The summed E-state index contributed by atoms with van der Waals surface area (Å²) in [6.07, 6.45) is -5.38. The highest BCUT2D eigenvalue weighted by Gasteiger charge is 2.69. The molecule has 20 heavy (non-hydrogen) atoms. The van der Waals surface area contributed by atoms with Gasteiger partial charge in [-0.2, -0.15) is 17.6 Å². The van der Waals surface area contributed by atoms with Crippen LogP contribution < -0.4 is 0 Å². The average Bonchev–Trinajstić information content (AvgIpc) is 2.28. The van der Waals surface area contributed by atoms with E-state index in [4.69, 9.17) is 5.11 Å². The second-order valence-electron chi connectivity index (χ2n) is 4.26. The largest absolute Gasteiger partial charge is 0.481 e. The Labute approximate surface area is 112 Å². The van der Waals surface area contributed by atoms with Crippen molar-refractivity contribution in [3.63, 3.8) is 0 Å². The van der Waals surface area contributed by atoms with Crippen molar-refractivity contribution in [2.24, 2.45) is 0 Å². The molecule has 120 valence electrons. The summed E-state index contributed by atoms with van der Waals surface area (Å²) < 4.78 is 88.8. The molecule has 2 unspecified atom stereocenters. The molecule has 0 amide bonds. The Morgan fingerprint density at radius 2 is 1.70 bits per heavy atom. The Hall–Kier alpha value is -0.930. The highest BCUT2D eigenvalue weighted by Crippen LogP contribution is 2.44. The summed E-state index contributed by atoms with van der Waals surface area (Å²) in [7, 11) is -5.74. The highest BCUT2D eigenvalue weighted by molar-refractivity contribution is 7.93. The Bertz CT molecular complexity index is 447. The monoisotopic (exact) mass is 326 g/mol. The number of alkyl halides is 5. The molecule has 0 saturated carbocycles. The number of hydrogen-bond acceptors (Lipinski definition) is 3. The summed E-state index contributed by atoms with van der Waals surface area (Å²) >= 11 is 0. The molecule has 0 radical (unpaired) electrons. The van der Waals surface area contributed by atoms with Gasteiger partial charge in [0, 0.05) is 6.42 Å². The summed E-state index contributed by atoms with van der Waals surface area (Å²) in [5, 5.41) is 0.792. The van der Waals surface area contributed by atoms with Gasteiger partial charge in [0.25, 0.3) is 0 Å². The van der Waals surface area contributed by atoms with Crippen molar-refractivity contribution < 1.29 is 40.3 Å². The zero-order valence-corrected chi connectivity index (χ0v) is 11.6. The maximum absolute atomic E-state index is 13.5. The van der Waals surface area contributed by atoms with Crippen LogP contribution in [0.4, 0.5) is 22.0 Å². The van der Waals surface area contributed by atoms with Gasteiger partial charge in [-0.1, -0.05) is 6.92 Å². The van der Waals surface area contributed by atoms with E-state index in [2.05, 4.69) is 0 Å². The molecule has 0 rings (SSSR count). The SMILES string of the molecule is CCC(CCC(=O)O)S(=O)(=O)C(F)(F)C(F)(F)C(C)F. The van der Waals surface area contributed by atoms with Gasteiger partial charge < -0.3 is 5.11 Å². The van der Waals surface area contributed by atoms with Crippen LogP contribution >= 0.6 is 0 Å². The van der Waals surface area contributed by atoms with Crippen LogP contribution in [-0.4, -0.2) is 42.1 Å². The van der Waals surface area contributed by atoms with Crippen LogP contribution in [0.25, 0.3) is 0 Å². The zero-order valence-electron chi connectivity index (χ0n) is 10.7. The molecule has 0 spiro atoms. The fraction of sp³-hybridized carbons (Fsp3) is 0.900. The van der Waals surface area contributed by atoms with Gasteiger partial charge in [0.2, 0.25) is 9.84 Å². The molecule has 0 heterocycles. The normalized spacial score (nSPS) is 16.8. The predicted octanol–water partition coefficient (Wildman–Crippen LogP) is 2.63. The van der Waals surface area contributed by atoms with Gasteiger partial charge in [0.15, 0.2) is 6.17 Å². The third kappa shape index (κ3) is 3.39. The topological polar surface area (TPSA) is 71.4 Å². The summed E-state index contributed by atoms with van der Waals surface area (Å²) in [5.74, 6) is -6.84. The smallest absolute Gasteiger partial charge is 0.410 e. The summed E-state index contributed by atoms with van der Waals surface area (Å²) in [4.78, 5) is 10.3. The molecule has 0 aliphatic heterocycles. The van der Waals surface area contributed by atoms with E-state index in [0.717, 1.165) is 6.92 Å². The Morgan fingerprint density at radius 1 is 1.25 bits per heavy atom. The Balaban J connectivity index is 5.52. The molecule has 0 saturated heterocycles. The maximum Gasteiger partial charge on any atom is 0.410 e. The Kier molecular flexibility index (Phi) is 5.94. The van der Waals surface area contributed by atoms with E-state index in [9.17, 15) is 35.2 Å². The van der Waals surface area contributed by atoms with Crippen molar-refractivity contribution in [3.05, 3.63) is 0 Å². The molecule has 0 aromatic heterocycles. The van der Waals surface area contributed by atoms with E-state index in [-0.39, 0.29) is 6.92 Å². The van der Waals surface area contributed by atoms with E-state index in [1.165, 1.54) is 0 Å². The maximum atomic E-state index is 13.5. The van der Waals surface area contributed by atoms with E-state index < -0.39 is 57.7 Å². The number of carboxylic acids is 1.